The first-order chi connectivity index (χ1) is 7.42. The highest BCUT2D eigenvalue weighted by Crippen LogP contribution is 2.23. The van der Waals surface area contributed by atoms with E-state index in [0.29, 0.717) is 0 Å². The molecule has 15 heavy (non-hydrogen) atoms. The first kappa shape index (κ1) is 9.41. The van der Waals surface area contributed by atoms with Gasteiger partial charge in [-0.2, -0.15) is 0 Å². The van der Waals surface area contributed by atoms with Crippen molar-refractivity contribution >= 4 is 0 Å². The average Bonchev–Trinajstić information content (AvgIpc) is 2.95. The second kappa shape index (κ2) is 3.97. The molecule has 1 aromatic rings. The van der Waals surface area contributed by atoms with Gasteiger partial charge in [-0.1, -0.05) is 18.2 Å². The van der Waals surface area contributed by atoms with Gasteiger partial charge in [-0.3, -0.25) is 0 Å². The summed E-state index contributed by atoms with van der Waals surface area (Å²) in [7, 11) is 0. The van der Waals surface area contributed by atoms with Crippen LogP contribution in [0.5, 0.6) is 0 Å². The number of rotatable bonds is 4. The zero-order chi connectivity index (χ0) is 10.1. The molecule has 1 heteroatoms. The molecule has 0 aromatic heterocycles. The van der Waals surface area contributed by atoms with Gasteiger partial charge in [0.25, 0.3) is 0 Å². The molecule has 0 spiro atoms. The maximum atomic E-state index is 3.57. The summed E-state index contributed by atoms with van der Waals surface area (Å²) in [6.45, 7) is 1.16. The molecule has 1 aromatic carbocycles. The third kappa shape index (κ3) is 2.23. The second-order valence-corrected chi connectivity index (χ2v) is 4.94. The molecule has 1 fully saturated rings. The van der Waals surface area contributed by atoms with Crippen molar-refractivity contribution in [2.24, 2.45) is 0 Å². The lowest BCUT2D eigenvalue weighted by atomic mass is 10.0. The third-order valence-electron chi connectivity index (χ3n) is 3.59. The zero-order valence-corrected chi connectivity index (χ0v) is 9.26. The van der Waals surface area contributed by atoms with Gasteiger partial charge in [0.2, 0.25) is 0 Å². The maximum absolute atomic E-state index is 3.57. The Morgan fingerprint density at radius 3 is 2.87 bits per heavy atom. The predicted octanol–water partition coefficient (Wildman–Crippen LogP) is 2.47. The Morgan fingerprint density at radius 2 is 2.00 bits per heavy atom. The van der Waals surface area contributed by atoms with Gasteiger partial charge in [0, 0.05) is 6.04 Å². The van der Waals surface area contributed by atoms with E-state index in [0.717, 1.165) is 12.6 Å². The summed E-state index contributed by atoms with van der Waals surface area (Å²) in [5.41, 5.74) is 4.72. The quantitative estimate of drug-likeness (QED) is 0.789. The average molecular weight is 201 g/mol. The van der Waals surface area contributed by atoms with Gasteiger partial charge in [-0.15, -0.1) is 0 Å². The van der Waals surface area contributed by atoms with E-state index in [-0.39, 0.29) is 0 Å². The molecule has 1 N–H and O–H groups in total. The van der Waals surface area contributed by atoms with Crippen molar-refractivity contribution in [3.05, 3.63) is 34.9 Å². The first-order valence-electron chi connectivity index (χ1n) is 6.26. The summed E-state index contributed by atoms with van der Waals surface area (Å²) in [5, 5.41) is 3.57. The number of benzene rings is 1. The highest BCUT2D eigenvalue weighted by molar-refractivity contribution is 5.35. The van der Waals surface area contributed by atoms with E-state index >= 15 is 0 Å². The summed E-state index contributed by atoms with van der Waals surface area (Å²) in [6.07, 6.45) is 7.95. The molecule has 3 rings (SSSR count). The Hall–Kier alpha value is -0.820. The molecule has 0 amide bonds. The van der Waals surface area contributed by atoms with E-state index < -0.39 is 0 Å². The molecule has 0 atom stereocenters. The molecule has 0 saturated heterocycles. The predicted molar refractivity (Wildman–Crippen MR) is 63.2 cm³/mol. The van der Waals surface area contributed by atoms with Crippen molar-refractivity contribution in [1.29, 1.82) is 0 Å². The summed E-state index contributed by atoms with van der Waals surface area (Å²) >= 11 is 0. The Kier molecular flexibility index (Phi) is 2.49. The van der Waals surface area contributed by atoms with Crippen molar-refractivity contribution in [2.45, 2.75) is 44.6 Å². The second-order valence-electron chi connectivity index (χ2n) is 4.94. The molecule has 2 aliphatic rings. The Bertz CT molecular complexity index is 352. The molecular formula is C14H19N. The van der Waals surface area contributed by atoms with Crippen LogP contribution in [0.4, 0.5) is 0 Å². The van der Waals surface area contributed by atoms with E-state index in [1.165, 1.54) is 44.1 Å². The SMILES string of the molecule is c1cc2c(cc1CCNC1CC1)CCC2. The van der Waals surface area contributed by atoms with Crippen molar-refractivity contribution in [3.63, 3.8) is 0 Å². The maximum Gasteiger partial charge on any atom is 0.00683 e. The van der Waals surface area contributed by atoms with E-state index in [9.17, 15) is 0 Å². The van der Waals surface area contributed by atoms with Gasteiger partial charge < -0.3 is 5.32 Å². The highest BCUT2D eigenvalue weighted by atomic mass is 14.9. The molecule has 0 unspecified atom stereocenters. The molecule has 0 aliphatic heterocycles. The van der Waals surface area contributed by atoms with Crippen LogP contribution in [0.15, 0.2) is 18.2 Å². The van der Waals surface area contributed by atoms with Gasteiger partial charge in [0.15, 0.2) is 0 Å². The highest BCUT2D eigenvalue weighted by Gasteiger charge is 2.19. The van der Waals surface area contributed by atoms with Crippen LogP contribution >= 0.6 is 0 Å². The molecule has 2 aliphatic carbocycles. The fraction of sp³-hybridized carbons (Fsp3) is 0.571. The Labute approximate surface area is 91.9 Å². The van der Waals surface area contributed by atoms with Crippen LogP contribution in [-0.2, 0) is 19.3 Å². The minimum Gasteiger partial charge on any atom is -0.314 e. The first-order valence-corrected chi connectivity index (χ1v) is 6.26. The van der Waals surface area contributed by atoms with Crippen LogP contribution in [0, 0.1) is 0 Å². The van der Waals surface area contributed by atoms with Crippen LogP contribution in [-0.4, -0.2) is 12.6 Å². The monoisotopic (exact) mass is 201 g/mol. The number of hydrogen-bond donors (Lipinski definition) is 1. The fourth-order valence-corrected chi connectivity index (χ4v) is 2.49. The molecule has 0 radical (unpaired) electrons. The topological polar surface area (TPSA) is 12.0 Å². The van der Waals surface area contributed by atoms with Crippen LogP contribution in [0.2, 0.25) is 0 Å². The van der Waals surface area contributed by atoms with E-state index in [1.807, 2.05) is 0 Å². The smallest absolute Gasteiger partial charge is 0.00683 e. The largest absolute Gasteiger partial charge is 0.314 e. The number of nitrogens with one attached hydrogen (secondary N) is 1. The van der Waals surface area contributed by atoms with Crippen LogP contribution in [0.25, 0.3) is 0 Å². The molecule has 1 nitrogen and oxygen atoms in total. The molecule has 80 valence electrons. The number of hydrogen-bond acceptors (Lipinski definition) is 1. The van der Waals surface area contributed by atoms with Crippen LogP contribution in [0.3, 0.4) is 0 Å². The molecule has 0 heterocycles. The Morgan fingerprint density at radius 1 is 1.13 bits per heavy atom. The van der Waals surface area contributed by atoms with Crippen LogP contribution in [0.1, 0.15) is 36.0 Å². The summed E-state index contributed by atoms with van der Waals surface area (Å²) < 4.78 is 0. The minimum atomic E-state index is 0.847. The standard InChI is InChI=1S/C14H19N/c1-2-12-5-4-11(10-13(12)3-1)8-9-15-14-6-7-14/h4-5,10,14-15H,1-3,6-9H2. The molecule has 1 saturated carbocycles. The van der Waals surface area contributed by atoms with Crippen LogP contribution < -0.4 is 5.32 Å². The van der Waals surface area contributed by atoms with E-state index in [2.05, 4.69) is 23.5 Å². The Balaban J connectivity index is 1.59. The third-order valence-corrected chi connectivity index (χ3v) is 3.59. The normalized spacial score (nSPS) is 19.2. The molecular weight excluding hydrogens is 182 g/mol. The summed E-state index contributed by atoms with van der Waals surface area (Å²) in [4.78, 5) is 0. The molecule has 0 bridgehead atoms. The lowest BCUT2D eigenvalue weighted by Crippen LogP contribution is -2.19. The van der Waals surface area contributed by atoms with Gasteiger partial charge >= 0.3 is 0 Å². The van der Waals surface area contributed by atoms with Crippen molar-refractivity contribution in [1.82, 2.24) is 5.32 Å². The van der Waals surface area contributed by atoms with Gasteiger partial charge in [-0.25, -0.2) is 0 Å². The van der Waals surface area contributed by atoms with Gasteiger partial charge in [0.05, 0.1) is 0 Å². The minimum absolute atomic E-state index is 0.847. The summed E-state index contributed by atoms with van der Waals surface area (Å²) in [6, 6.07) is 7.93. The van der Waals surface area contributed by atoms with Crippen molar-refractivity contribution in [3.8, 4) is 0 Å². The lowest BCUT2D eigenvalue weighted by Gasteiger charge is -2.05. The fourth-order valence-electron chi connectivity index (χ4n) is 2.49. The van der Waals surface area contributed by atoms with Crippen molar-refractivity contribution in [2.75, 3.05) is 6.54 Å². The van der Waals surface area contributed by atoms with Gasteiger partial charge in [0.1, 0.15) is 0 Å². The van der Waals surface area contributed by atoms with Crippen molar-refractivity contribution < 1.29 is 0 Å². The number of fused-ring (bicyclic) bond motifs is 1. The van der Waals surface area contributed by atoms with E-state index in [1.54, 1.807) is 11.1 Å². The van der Waals surface area contributed by atoms with E-state index in [4.69, 9.17) is 0 Å². The lowest BCUT2D eigenvalue weighted by molar-refractivity contribution is 0.682. The number of aryl methyl sites for hydroxylation is 2. The van der Waals surface area contributed by atoms with Gasteiger partial charge in [-0.05, 0) is 61.8 Å². The summed E-state index contributed by atoms with van der Waals surface area (Å²) in [5.74, 6) is 0. The zero-order valence-electron chi connectivity index (χ0n) is 9.26.